The van der Waals surface area contributed by atoms with Gasteiger partial charge in [-0.2, -0.15) is 0 Å². The molecule has 0 radical (unpaired) electrons. The van der Waals surface area contributed by atoms with Crippen molar-refractivity contribution in [2.75, 3.05) is 5.09 Å². The fraction of sp³-hybridized carbons (Fsp3) is 0. The molecule has 1 aromatic heterocycles. The monoisotopic (exact) mass is 316 g/mol. The second-order valence-electron chi connectivity index (χ2n) is 2.71. The molecule has 2 nitrogen and oxygen atoms in total. The average Bonchev–Trinajstić information content (AvgIpc) is 2.42. The highest BCUT2D eigenvalue weighted by Gasteiger charge is 2.11. The van der Waals surface area contributed by atoms with Gasteiger partial charge in [0.2, 0.25) is 4.89 Å². The molecule has 0 aliphatic rings. The molecule has 8 heteroatoms. The van der Waals surface area contributed by atoms with E-state index in [9.17, 15) is 0 Å². The minimum Gasteiger partial charge on any atom is -0.311 e. The van der Waals surface area contributed by atoms with Gasteiger partial charge in [-0.25, -0.2) is 4.98 Å². The fourth-order valence-corrected chi connectivity index (χ4v) is 4.13. The molecule has 0 amide bonds. The van der Waals surface area contributed by atoms with Crippen LogP contribution in [-0.4, -0.2) is 4.98 Å². The number of fused-ring (bicyclic) bond motifs is 1. The largest absolute Gasteiger partial charge is 0.311 e. The summed E-state index contributed by atoms with van der Waals surface area (Å²) < 4.78 is 0.974. The molecular formula is C7H4Cl3N2PS2. The van der Waals surface area contributed by atoms with Crippen LogP contribution in [0.5, 0.6) is 0 Å². The number of anilines is 1. The average molecular weight is 318 g/mol. The number of benzene rings is 1. The summed E-state index contributed by atoms with van der Waals surface area (Å²) >= 11 is 23.6. The second-order valence-corrected chi connectivity index (χ2v) is 11.7. The third kappa shape index (κ3) is 3.19. The lowest BCUT2D eigenvalue weighted by Crippen LogP contribution is -1.83. The molecule has 1 heterocycles. The predicted octanol–water partition coefficient (Wildman–Crippen LogP) is 5.06. The standard InChI is InChI=1S/C7H4Cl3N2PS2/c8-4-1-2-5-6(3-4)15-7(11-5)12-13(9,10)14/h1-3H,(H,11,12,14). The Labute approximate surface area is 110 Å². The number of hydrogen-bond acceptors (Lipinski definition) is 3. The molecule has 0 bridgehead atoms. The maximum atomic E-state index is 5.85. The van der Waals surface area contributed by atoms with Crippen LogP contribution in [0.1, 0.15) is 0 Å². The number of rotatable bonds is 2. The minimum absolute atomic E-state index is 0.626. The second kappa shape index (κ2) is 4.36. The van der Waals surface area contributed by atoms with E-state index in [4.69, 9.17) is 45.9 Å². The Kier molecular flexibility index (Phi) is 3.46. The van der Waals surface area contributed by atoms with Gasteiger partial charge in [-0.05, 0) is 52.5 Å². The molecule has 0 saturated heterocycles. The van der Waals surface area contributed by atoms with Crippen molar-refractivity contribution in [2.24, 2.45) is 0 Å². The molecule has 80 valence electrons. The van der Waals surface area contributed by atoms with Gasteiger partial charge < -0.3 is 5.09 Å². The Morgan fingerprint density at radius 3 is 2.80 bits per heavy atom. The van der Waals surface area contributed by atoms with Crippen molar-refractivity contribution in [3.8, 4) is 0 Å². The Bertz CT molecular complexity index is 550. The smallest absolute Gasteiger partial charge is 0.206 e. The molecule has 0 aliphatic heterocycles. The molecule has 2 aromatic rings. The van der Waals surface area contributed by atoms with Crippen molar-refractivity contribution in [2.45, 2.75) is 0 Å². The molecule has 0 unspecified atom stereocenters. The molecule has 0 fully saturated rings. The summed E-state index contributed by atoms with van der Waals surface area (Å²) in [6.07, 6.45) is 0. The lowest BCUT2D eigenvalue weighted by atomic mass is 10.3. The third-order valence-corrected chi connectivity index (χ3v) is 4.15. The van der Waals surface area contributed by atoms with E-state index in [1.54, 1.807) is 6.07 Å². The molecule has 0 aliphatic carbocycles. The molecule has 0 spiro atoms. The van der Waals surface area contributed by atoms with E-state index in [0.29, 0.717) is 10.2 Å². The third-order valence-electron chi connectivity index (χ3n) is 1.58. The first-order valence-corrected chi connectivity index (χ1v) is 9.58. The number of nitrogens with one attached hydrogen (secondary N) is 1. The van der Waals surface area contributed by atoms with Crippen LogP contribution in [0.15, 0.2) is 18.2 Å². The molecule has 0 saturated carbocycles. The van der Waals surface area contributed by atoms with Crippen molar-refractivity contribution in [1.82, 2.24) is 4.98 Å². The van der Waals surface area contributed by atoms with E-state index in [0.717, 1.165) is 10.2 Å². The summed E-state index contributed by atoms with van der Waals surface area (Å²) in [5, 5.41) is 4.11. The Morgan fingerprint density at radius 2 is 2.13 bits per heavy atom. The summed E-state index contributed by atoms with van der Waals surface area (Å²) in [6, 6.07) is 5.46. The van der Waals surface area contributed by atoms with Crippen LogP contribution in [-0.2, 0) is 11.8 Å². The highest BCUT2D eigenvalue weighted by atomic mass is 35.9. The fourth-order valence-electron chi connectivity index (χ4n) is 1.06. The van der Waals surface area contributed by atoms with Gasteiger partial charge in [0.15, 0.2) is 5.13 Å². The minimum atomic E-state index is -2.51. The maximum Gasteiger partial charge on any atom is 0.206 e. The topological polar surface area (TPSA) is 24.9 Å². The van der Waals surface area contributed by atoms with Crippen LogP contribution >= 0.6 is 50.3 Å². The van der Waals surface area contributed by atoms with Gasteiger partial charge in [0.05, 0.1) is 10.2 Å². The van der Waals surface area contributed by atoms with Gasteiger partial charge in [0.1, 0.15) is 0 Å². The first-order valence-electron chi connectivity index (χ1n) is 3.78. The highest BCUT2D eigenvalue weighted by molar-refractivity contribution is 8.39. The van der Waals surface area contributed by atoms with Crippen LogP contribution in [0.25, 0.3) is 10.2 Å². The highest BCUT2D eigenvalue weighted by Crippen LogP contribution is 2.56. The lowest BCUT2D eigenvalue weighted by Gasteiger charge is -2.04. The van der Waals surface area contributed by atoms with E-state index < -0.39 is 4.89 Å². The van der Waals surface area contributed by atoms with Crippen molar-refractivity contribution in [1.29, 1.82) is 0 Å². The number of thiazole rings is 1. The quantitative estimate of drug-likeness (QED) is 0.783. The van der Waals surface area contributed by atoms with Crippen molar-refractivity contribution in [3.05, 3.63) is 23.2 Å². The van der Waals surface area contributed by atoms with E-state index in [-0.39, 0.29) is 0 Å². The molecule has 2 rings (SSSR count). The number of halogens is 3. The van der Waals surface area contributed by atoms with Crippen molar-refractivity contribution in [3.63, 3.8) is 0 Å². The van der Waals surface area contributed by atoms with Crippen molar-refractivity contribution >= 4 is 77.5 Å². The summed E-state index contributed by atoms with van der Waals surface area (Å²) in [6.45, 7) is 0. The zero-order valence-corrected chi connectivity index (χ0v) is 11.9. The van der Waals surface area contributed by atoms with Crippen LogP contribution in [0.3, 0.4) is 0 Å². The number of aromatic nitrogens is 1. The molecule has 1 aromatic carbocycles. The first kappa shape index (κ1) is 11.9. The Morgan fingerprint density at radius 1 is 1.40 bits per heavy atom. The number of nitrogens with zero attached hydrogens (tertiary/aromatic N) is 1. The van der Waals surface area contributed by atoms with E-state index in [1.165, 1.54) is 11.3 Å². The summed E-state index contributed by atoms with van der Waals surface area (Å²) in [5.74, 6) is 0. The van der Waals surface area contributed by atoms with Gasteiger partial charge in [0.25, 0.3) is 0 Å². The molecule has 15 heavy (non-hydrogen) atoms. The number of hydrogen-bond donors (Lipinski definition) is 1. The molecule has 0 atom stereocenters. The van der Waals surface area contributed by atoms with Gasteiger partial charge in [-0.15, -0.1) is 0 Å². The zero-order chi connectivity index (χ0) is 11.1. The Hall–Kier alpha value is 0.430. The first-order chi connectivity index (χ1) is 6.94. The van der Waals surface area contributed by atoms with Gasteiger partial charge in [0, 0.05) is 5.02 Å². The molecular weight excluding hydrogens is 314 g/mol. The summed E-state index contributed by atoms with van der Waals surface area (Å²) in [5.41, 5.74) is 0.851. The summed E-state index contributed by atoms with van der Waals surface area (Å²) in [7, 11) is 0. The van der Waals surface area contributed by atoms with Gasteiger partial charge in [-0.1, -0.05) is 22.9 Å². The van der Waals surface area contributed by atoms with Gasteiger partial charge >= 0.3 is 0 Å². The van der Waals surface area contributed by atoms with E-state index >= 15 is 0 Å². The van der Waals surface area contributed by atoms with Crippen LogP contribution in [0, 0.1) is 0 Å². The normalized spacial score (nSPS) is 11.9. The van der Waals surface area contributed by atoms with E-state index in [1.807, 2.05) is 12.1 Å². The predicted molar refractivity (Wildman–Crippen MR) is 74.2 cm³/mol. The summed E-state index contributed by atoms with van der Waals surface area (Å²) in [4.78, 5) is 1.77. The Balaban J connectivity index is 2.43. The van der Waals surface area contributed by atoms with Crippen LogP contribution < -0.4 is 5.09 Å². The van der Waals surface area contributed by atoms with Crippen LogP contribution in [0.4, 0.5) is 5.13 Å². The van der Waals surface area contributed by atoms with Crippen LogP contribution in [0.2, 0.25) is 5.02 Å². The molecule has 1 N–H and O–H groups in total. The van der Waals surface area contributed by atoms with Crippen molar-refractivity contribution < 1.29 is 0 Å². The van der Waals surface area contributed by atoms with Gasteiger partial charge in [-0.3, -0.25) is 0 Å². The zero-order valence-electron chi connectivity index (χ0n) is 7.08. The SMILES string of the molecule is S=P(Cl)(Cl)Nc1nc2ccc(Cl)cc2s1. The maximum absolute atomic E-state index is 5.85. The van der Waals surface area contributed by atoms with E-state index in [2.05, 4.69) is 10.1 Å². The lowest BCUT2D eigenvalue weighted by molar-refractivity contribution is 1.49.